The van der Waals surface area contributed by atoms with Crippen LogP contribution in [0.5, 0.6) is 0 Å². The summed E-state index contributed by atoms with van der Waals surface area (Å²) in [7, 11) is 0. The van der Waals surface area contributed by atoms with E-state index < -0.39 is 0 Å². The third-order valence-electron chi connectivity index (χ3n) is 8.25. The van der Waals surface area contributed by atoms with Crippen molar-refractivity contribution in [2.24, 2.45) is 5.92 Å². The first-order chi connectivity index (χ1) is 17.2. The van der Waals surface area contributed by atoms with Gasteiger partial charge in [-0.25, -0.2) is 4.98 Å². The van der Waals surface area contributed by atoms with Gasteiger partial charge in [0.05, 0.1) is 18.3 Å². The fourth-order valence-corrected chi connectivity index (χ4v) is 7.54. The van der Waals surface area contributed by atoms with E-state index in [2.05, 4.69) is 21.7 Å². The highest BCUT2D eigenvalue weighted by molar-refractivity contribution is 7.10. The number of halogens is 1. The molecule has 0 aromatic carbocycles. The number of piperidine rings is 1. The maximum absolute atomic E-state index is 13.6. The van der Waals surface area contributed by atoms with Crippen LogP contribution in [0.25, 0.3) is 0 Å². The summed E-state index contributed by atoms with van der Waals surface area (Å²) in [4.78, 5) is 34.7. The number of aromatic nitrogens is 2. The summed E-state index contributed by atoms with van der Waals surface area (Å²) in [5.74, 6) is 1.22. The molecule has 2 aromatic rings. The molecule has 5 heterocycles. The number of rotatable bonds is 7. The Morgan fingerprint density at radius 1 is 1.19 bits per heavy atom. The predicted molar refractivity (Wildman–Crippen MR) is 138 cm³/mol. The molecule has 2 amide bonds. The van der Waals surface area contributed by atoms with Crippen LogP contribution >= 0.6 is 11.3 Å². The van der Waals surface area contributed by atoms with Gasteiger partial charge in [-0.05, 0) is 51.2 Å². The van der Waals surface area contributed by atoms with Crippen LogP contribution in [0.1, 0.15) is 87.0 Å². The first-order valence-corrected chi connectivity index (χ1v) is 14.2. The zero-order chi connectivity index (χ0) is 25.6. The smallest absolute Gasteiger partial charge is 0.225 e. The number of nitrogens with one attached hydrogen (secondary N) is 1. The lowest BCUT2D eigenvalue weighted by Gasteiger charge is -2.41. The second-order valence-corrected chi connectivity index (χ2v) is 12.1. The maximum atomic E-state index is 13.6. The molecular weight excluding hydrogens is 477 g/mol. The Kier molecular flexibility index (Phi) is 7.23. The number of hydrogen-bond donors (Lipinski definition) is 1. The Balaban J connectivity index is 1.26. The van der Waals surface area contributed by atoms with Gasteiger partial charge < -0.3 is 14.8 Å². The maximum Gasteiger partial charge on any atom is 0.225 e. The SMILES string of the molecule is CC(=O)N[C@@H](CCN1[C@@H]2CC[C@H]1C[C@@H](n1c(C)nc3c1CCN(C(=O)C(C)C)C3)C2)c1ccc(F)s1. The Labute approximate surface area is 217 Å². The summed E-state index contributed by atoms with van der Waals surface area (Å²) < 4.78 is 16.1. The van der Waals surface area contributed by atoms with Crippen molar-refractivity contribution in [1.82, 2.24) is 24.7 Å². The van der Waals surface area contributed by atoms with Gasteiger partial charge in [-0.3, -0.25) is 14.5 Å². The Morgan fingerprint density at radius 2 is 1.92 bits per heavy atom. The van der Waals surface area contributed by atoms with Gasteiger partial charge in [0.1, 0.15) is 5.82 Å². The third kappa shape index (κ3) is 4.96. The van der Waals surface area contributed by atoms with E-state index in [1.807, 2.05) is 18.7 Å². The third-order valence-corrected chi connectivity index (χ3v) is 9.24. The molecule has 2 saturated heterocycles. The normalized spacial score (nSPS) is 24.7. The number of carbonyl (C=O) groups excluding carboxylic acids is 2. The summed E-state index contributed by atoms with van der Waals surface area (Å²) in [6.07, 6.45) is 6.27. The fraction of sp³-hybridized carbons (Fsp3) is 0.667. The number of fused-ring (bicyclic) bond motifs is 3. The second kappa shape index (κ2) is 10.2. The number of imidazole rings is 1. The van der Waals surface area contributed by atoms with Crippen molar-refractivity contribution in [3.8, 4) is 0 Å². The molecule has 36 heavy (non-hydrogen) atoms. The molecule has 0 unspecified atom stereocenters. The van der Waals surface area contributed by atoms with E-state index in [1.54, 1.807) is 6.07 Å². The number of aryl methyl sites for hydroxylation is 1. The van der Waals surface area contributed by atoms with Crippen LogP contribution in [0.3, 0.4) is 0 Å². The van der Waals surface area contributed by atoms with Gasteiger partial charge in [0.15, 0.2) is 5.13 Å². The molecule has 5 rings (SSSR count). The minimum Gasteiger partial charge on any atom is -0.349 e. The molecule has 1 N–H and O–H groups in total. The predicted octanol–water partition coefficient (Wildman–Crippen LogP) is 4.37. The molecule has 0 aliphatic carbocycles. The molecule has 2 aromatic heterocycles. The first kappa shape index (κ1) is 25.4. The molecule has 7 nitrogen and oxygen atoms in total. The van der Waals surface area contributed by atoms with Crippen molar-refractivity contribution < 1.29 is 14.0 Å². The number of carbonyl (C=O) groups is 2. The molecule has 3 aliphatic rings. The molecule has 0 saturated carbocycles. The van der Waals surface area contributed by atoms with E-state index in [1.165, 1.54) is 31.5 Å². The molecule has 2 bridgehead atoms. The Morgan fingerprint density at radius 3 is 2.53 bits per heavy atom. The van der Waals surface area contributed by atoms with Gasteiger partial charge in [-0.2, -0.15) is 4.39 Å². The molecule has 0 spiro atoms. The summed E-state index contributed by atoms with van der Waals surface area (Å²) in [6.45, 7) is 9.86. The topological polar surface area (TPSA) is 70.5 Å². The van der Waals surface area contributed by atoms with Crippen molar-refractivity contribution in [2.45, 2.75) is 96.9 Å². The van der Waals surface area contributed by atoms with Crippen molar-refractivity contribution in [3.63, 3.8) is 0 Å². The molecular formula is C27H38FN5O2S. The van der Waals surface area contributed by atoms with Gasteiger partial charge >= 0.3 is 0 Å². The highest BCUT2D eigenvalue weighted by Gasteiger charge is 2.42. The minimum absolute atomic E-state index is 0.0127. The number of nitrogens with zero attached hydrogens (tertiary/aromatic N) is 4. The molecule has 4 atom stereocenters. The number of amides is 2. The molecule has 0 radical (unpaired) electrons. The lowest BCUT2D eigenvalue weighted by molar-refractivity contribution is -0.135. The largest absolute Gasteiger partial charge is 0.349 e. The average Bonchev–Trinajstić information content (AvgIpc) is 3.47. The highest BCUT2D eigenvalue weighted by atomic mass is 32.1. The van der Waals surface area contributed by atoms with Crippen molar-refractivity contribution in [1.29, 1.82) is 0 Å². The lowest BCUT2D eigenvalue weighted by atomic mass is 9.95. The van der Waals surface area contributed by atoms with E-state index in [0.29, 0.717) is 24.7 Å². The zero-order valence-electron chi connectivity index (χ0n) is 21.8. The molecule has 3 aliphatic heterocycles. The number of thiophene rings is 1. The van der Waals surface area contributed by atoms with E-state index in [9.17, 15) is 14.0 Å². The second-order valence-electron chi connectivity index (χ2n) is 11.0. The lowest BCUT2D eigenvalue weighted by Crippen LogP contribution is -2.45. The van der Waals surface area contributed by atoms with Gasteiger partial charge in [0.25, 0.3) is 0 Å². The molecule has 2 fully saturated rings. The summed E-state index contributed by atoms with van der Waals surface area (Å²) in [5, 5.41) is 2.82. The van der Waals surface area contributed by atoms with Gasteiger partial charge in [-0.15, -0.1) is 11.3 Å². The van der Waals surface area contributed by atoms with Gasteiger partial charge in [-0.1, -0.05) is 13.8 Å². The van der Waals surface area contributed by atoms with Crippen LogP contribution < -0.4 is 5.32 Å². The summed E-state index contributed by atoms with van der Waals surface area (Å²) >= 11 is 1.12. The fourth-order valence-electron chi connectivity index (χ4n) is 6.72. The van der Waals surface area contributed by atoms with Crippen molar-refractivity contribution >= 4 is 23.2 Å². The van der Waals surface area contributed by atoms with Crippen LogP contribution in [-0.4, -0.2) is 56.3 Å². The average molecular weight is 516 g/mol. The highest BCUT2D eigenvalue weighted by Crippen LogP contribution is 2.43. The Bertz CT molecular complexity index is 1110. The van der Waals surface area contributed by atoms with Crippen LogP contribution in [0.4, 0.5) is 4.39 Å². The molecule has 9 heteroatoms. The van der Waals surface area contributed by atoms with E-state index in [0.717, 1.165) is 66.5 Å². The van der Waals surface area contributed by atoms with Crippen LogP contribution in [0, 0.1) is 18.0 Å². The van der Waals surface area contributed by atoms with E-state index in [4.69, 9.17) is 4.98 Å². The minimum atomic E-state index is -0.211. The Hall–Kier alpha value is -2.26. The number of hydrogen-bond acceptors (Lipinski definition) is 5. The van der Waals surface area contributed by atoms with Crippen LogP contribution in [-0.2, 0) is 22.6 Å². The van der Waals surface area contributed by atoms with Gasteiger partial charge in [0, 0.05) is 61.0 Å². The van der Waals surface area contributed by atoms with Gasteiger partial charge in [0.2, 0.25) is 11.8 Å². The summed E-state index contributed by atoms with van der Waals surface area (Å²) in [6, 6.07) is 4.62. The van der Waals surface area contributed by atoms with Crippen molar-refractivity contribution in [2.75, 3.05) is 13.1 Å². The standard InChI is InChI=1S/C27H38FN5O2S/c1-16(2)27(35)31-11-10-24-23(15-31)29-17(3)33(24)21-13-19-5-6-20(14-21)32(19)12-9-22(30-18(4)34)25-7-8-26(28)36-25/h7-8,16,19-22H,5-6,9-15H2,1-4H3,(H,30,34)/t19-,20+,21+,22-/m0/s1. The monoisotopic (exact) mass is 515 g/mol. The summed E-state index contributed by atoms with van der Waals surface area (Å²) in [5.41, 5.74) is 2.40. The molecule has 196 valence electrons. The van der Waals surface area contributed by atoms with E-state index >= 15 is 0 Å². The zero-order valence-corrected chi connectivity index (χ0v) is 22.6. The first-order valence-electron chi connectivity index (χ1n) is 13.3. The van der Waals surface area contributed by atoms with Crippen LogP contribution in [0.2, 0.25) is 0 Å². The van der Waals surface area contributed by atoms with Crippen molar-refractivity contribution in [3.05, 3.63) is 39.4 Å². The quantitative estimate of drug-likeness (QED) is 0.595. The van der Waals surface area contributed by atoms with Crippen LogP contribution in [0.15, 0.2) is 12.1 Å². The van der Waals surface area contributed by atoms with E-state index in [-0.39, 0.29) is 28.9 Å².